The van der Waals surface area contributed by atoms with E-state index in [-0.39, 0.29) is 5.78 Å². The van der Waals surface area contributed by atoms with E-state index in [1.807, 2.05) is 110 Å². The van der Waals surface area contributed by atoms with E-state index in [1.165, 1.54) is 0 Å². The molecule has 0 unspecified atom stereocenters. The number of allylic oxidation sites excluding steroid dienone is 1. The fraction of sp³-hybridized carbons (Fsp3) is 0.0625. The van der Waals surface area contributed by atoms with Crippen LogP contribution in [-0.4, -0.2) is 31.1 Å². The molecule has 0 spiro atoms. The van der Waals surface area contributed by atoms with Gasteiger partial charge in [0.2, 0.25) is 0 Å². The molecule has 0 saturated heterocycles. The highest BCUT2D eigenvalue weighted by molar-refractivity contribution is 6.11. The van der Waals surface area contributed by atoms with Gasteiger partial charge in [0.15, 0.2) is 5.78 Å². The van der Waals surface area contributed by atoms with Crippen LogP contribution in [0, 0.1) is 0 Å². The number of fused-ring (bicyclic) bond motifs is 1. The zero-order valence-electron chi connectivity index (χ0n) is 20.3. The van der Waals surface area contributed by atoms with Crippen molar-refractivity contribution in [3.05, 3.63) is 126 Å². The van der Waals surface area contributed by atoms with Gasteiger partial charge in [-0.3, -0.25) is 9.79 Å². The Bertz CT molecular complexity index is 1560. The van der Waals surface area contributed by atoms with Gasteiger partial charge in [-0.15, -0.1) is 0 Å². The summed E-state index contributed by atoms with van der Waals surface area (Å²) in [6, 6.07) is 33.9. The Morgan fingerprint density at radius 1 is 0.806 bits per heavy atom. The number of aromatic nitrogens is 1. The molecule has 36 heavy (non-hydrogen) atoms. The first-order valence-corrected chi connectivity index (χ1v) is 11.9. The van der Waals surface area contributed by atoms with Crippen molar-refractivity contribution in [3.8, 4) is 11.3 Å². The van der Waals surface area contributed by atoms with Crippen LogP contribution >= 0.6 is 0 Å². The average Bonchev–Trinajstić information content (AvgIpc) is 3.30. The minimum Gasteiger partial charge on any atom is -0.378 e. The number of anilines is 1. The second-order valence-corrected chi connectivity index (χ2v) is 8.78. The van der Waals surface area contributed by atoms with Gasteiger partial charge in [0.1, 0.15) is 0 Å². The van der Waals surface area contributed by atoms with Crippen LogP contribution in [-0.2, 0) is 0 Å². The predicted molar refractivity (Wildman–Crippen MR) is 152 cm³/mol. The predicted octanol–water partition coefficient (Wildman–Crippen LogP) is 7.55. The molecule has 0 bridgehead atoms. The van der Waals surface area contributed by atoms with Gasteiger partial charge in [-0.1, -0.05) is 78.9 Å². The first-order valence-electron chi connectivity index (χ1n) is 11.9. The minimum atomic E-state index is -0.0818. The molecule has 0 aliphatic carbocycles. The van der Waals surface area contributed by atoms with Crippen LogP contribution in [0.25, 0.3) is 28.2 Å². The number of nitrogens with zero attached hydrogens (tertiary/aromatic N) is 2. The third-order valence-electron chi connectivity index (χ3n) is 6.15. The number of carbonyl (C=O) groups excluding carboxylic acids is 1. The number of hydrogen-bond donors (Lipinski definition) is 1. The van der Waals surface area contributed by atoms with Gasteiger partial charge in [-0.2, -0.15) is 0 Å². The highest BCUT2D eigenvalue weighted by atomic mass is 16.1. The molecule has 4 nitrogen and oxygen atoms in total. The Morgan fingerprint density at radius 3 is 2.28 bits per heavy atom. The number of aromatic amines is 1. The summed E-state index contributed by atoms with van der Waals surface area (Å²) in [6.07, 6.45) is 5.31. The fourth-order valence-electron chi connectivity index (χ4n) is 4.20. The molecule has 0 amide bonds. The molecule has 176 valence electrons. The largest absolute Gasteiger partial charge is 0.378 e. The van der Waals surface area contributed by atoms with Gasteiger partial charge in [0, 0.05) is 48.0 Å². The number of hydrogen-bond acceptors (Lipinski definition) is 3. The lowest BCUT2D eigenvalue weighted by molar-refractivity contribution is 0.104. The molecule has 0 fully saturated rings. The molecule has 0 saturated carbocycles. The Kier molecular flexibility index (Phi) is 6.59. The van der Waals surface area contributed by atoms with Crippen molar-refractivity contribution in [3.63, 3.8) is 0 Å². The lowest BCUT2D eigenvalue weighted by atomic mass is 10.1. The Hall–Kier alpha value is -4.70. The van der Waals surface area contributed by atoms with E-state index >= 15 is 0 Å². The van der Waals surface area contributed by atoms with Gasteiger partial charge < -0.3 is 9.88 Å². The van der Waals surface area contributed by atoms with Crippen molar-refractivity contribution in [1.29, 1.82) is 0 Å². The molecule has 5 aromatic rings. The molecule has 0 aliphatic heterocycles. The Morgan fingerprint density at radius 2 is 1.50 bits per heavy atom. The topological polar surface area (TPSA) is 48.5 Å². The van der Waals surface area contributed by atoms with Crippen LogP contribution in [0.3, 0.4) is 0 Å². The van der Waals surface area contributed by atoms with E-state index in [9.17, 15) is 4.79 Å². The van der Waals surface area contributed by atoms with Crippen LogP contribution < -0.4 is 4.90 Å². The van der Waals surface area contributed by atoms with Crippen molar-refractivity contribution < 1.29 is 4.79 Å². The second-order valence-electron chi connectivity index (χ2n) is 8.78. The molecule has 5 rings (SSSR count). The number of nitrogens with one attached hydrogen (secondary N) is 1. The van der Waals surface area contributed by atoms with E-state index in [1.54, 1.807) is 6.08 Å². The van der Waals surface area contributed by atoms with Crippen molar-refractivity contribution in [2.75, 3.05) is 19.0 Å². The van der Waals surface area contributed by atoms with Crippen molar-refractivity contribution >= 4 is 40.4 Å². The van der Waals surface area contributed by atoms with Crippen LogP contribution in [0.5, 0.6) is 0 Å². The molecule has 1 heterocycles. The summed E-state index contributed by atoms with van der Waals surface area (Å²) in [5.74, 6) is -0.0818. The first-order chi connectivity index (χ1) is 17.6. The number of benzene rings is 4. The molecule has 0 aliphatic rings. The van der Waals surface area contributed by atoms with Gasteiger partial charge in [0.05, 0.1) is 11.4 Å². The van der Waals surface area contributed by atoms with Crippen LogP contribution in [0.15, 0.2) is 114 Å². The van der Waals surface area contributed by atoms with Gasteiger partial charge in [0.25, 0.3) is 0 Å². The highest BCUT2D eigenvalue weighted by Crippen LogP contribution is 2.30. The molecule has 1 N–H and O–H groups in total. The minimum absolute atomic E-state index is 0.0818. The molecule has 4 aromatic carbocycles. The van der Waals surface area contributed by atoms with Gasteiger partial charge in [-0.25, -0.2) is 0 Å². The normalized spacial score (nSPS) is 11.5. The molecule has 0 radical (unpaired) electrons. The van der Waals surface area contributed by atoms with Crippen molar-refractivity contribution in [2.24, 2.45) is 4.99 Å². The lowest BCUT2D eigenvalue weighted by Gasteiger charge is -2.11. The number of aliphatic imine (C=N–C) groups is 1. The van der Waals surface area contributed by atoms with Crippen molar-refractivity contribution in [2.45, 2.75) is 0 Å². The third kappa shape index (κ3) is 4.89. The maximum absolute atomic E-state index is 13.1. The number of carbonyl (C=O) groups is 1. The van der Waals surface area contributed by atoms with Gasteiger partial charge in [-0.05, 0) is 47.5 Å². The maximum Gasteiger partial charge on any atom is 0.188 e. The summed E-state index contributed by atoms with van der Waals surface area (Å²) in [5, 5.41) is 1.09. The Balaban J connectivity index is 1.46. The molecular weight excluding hydrogens is 442 g/mol. The van der Waals surface area contributed by atoms with Crippen LogP contribution in [0.2, 0.25) is 0 Å². The number of rotatable bonds is 7. The quantitative estimate of drug-likeness (QED) is 0.152. The summed E-state index contributed by atoms with van der Waals surface area (Å²) < 4.78 is 0. The monoisotopic (exact) mass is 469 g/mol. The smallest absolute Gasteiger partial charge is 0.188 e. The first kappa shape index (κ1) is 23.1. The van der Waals surface area contributed by atoms with Crippen LogP contribution in [0.1, 0.15) is 21.5 Å². The zero-order chi connectivity index (χ0) is 24.9. The molecular formula is C32H27N3O. The molecule has 4 heteroatoms. The summed E-state index contributed by atoms with van der Waals surface area (Å²) in [7, 11) is 4.01. The fourth-order valence-corrected chi connectivity index (χ4v) is 4.20. The van der Waals surface area contributed by atoms with Crippen molar-refractivity contribution in [1.82, 2.24) is 4.98 Å². The number of ketones is 1. The van der Waals surface area contributed by atoms with E-state index in [0.717, 1.165) is 39.0 Å². The SMILES string of the molecule is CN(C)c1ccc(/C=C/C(=O)c2ccccc2N=Cc2c(-c3ccccc3)[nH]c3ccccc23)cc1. The third-order valence-corrected chi connectivity index (χ3v) is 6.15. The van der Waals surface area contributed by atoms with Crippen LogP contribution in [0.4, 0.5) is 11.4 Å². The van der Waals surface area contributed by atoms with Gasteiger partial charge >= 0.3 is 0 Å². The summed E-state index contributed by atoms with van der Waals surface area (Å²) in [6.45, 7) is 0. The maximum atomic E-state index is 13.1. The summed E-state index contributed by atoms with van der Waals surface area (Å²) in [5.41, 5.74) is 7.43. The highest BCUT2D eigenvalue weighted by Gasteiger charge is 2.12. The average molecular weight is 470 g/mol. The summed E-state index contributed by atoms with van der Waals surface area (Å²) >= 11 is 0. The van der Waals surface area contributed by atoms with E-state index in [0.29, 0.717) is 11.3 Å². The zero-order valence-corrected chi connectivity index (χ0v) is 20.3. The van der Waals surface area contributed by atoms with E-state index in [4.69, 9.17) is 4.99 Å². The summed E-state index contributed by atoms with van der Waals surface area (Å²) in [4.78, 5) is 23.5. The standard InChI is InChI=1S/C32H27N3O/c1-35(2)25-19-16-23(17-20-25)18-21-31(36)27-13-7-8-14-29(27)33-22-28-26-12-6-9-15-30(26)34-32(28)24-10-4-3-5-11-24/h3-22,34H,1-2H3/b21-18+,33-22?. The van der Waals surface area contributed by atoms with E-state index in [2.05, 4.69) is 29.2 Å². The number of H-pyrrole nitrogens is 1. The lowest BCUT2D eigenvalue weighted by Crippen LogP contribution is -2.07. The molecule has 1 aromatic heterocycles. The second kappa shape index (κ2) is 10.3. The number of para-hydroxylation sites is 2. The van der Waals surface area contributed by atoms with E-state index < -0.39 is 0 Å². The Labute approximate surface area is 211 Å². The molecule has 0 atom stereocenters.